The molecule has 8 heteroatoms. The highest BCUT2D eigenvalue weighted by Crippen LogP contribution is 2.29. The fourth-order valence-electron chi connectivity index (χ4n) is 3.29. The Kier molecular flexibility index (Phi) is 6.66. The van der Waals surface area contributed by atoms with E-state index in [9.17, 15) is 18.0 Å². The molecule has 154 valence electrons. The van der Waals surface area contributed by atoms with Crippen molar-refractivity contribution in [3.8, 4) is 0 Å². The third-order valence-electron chi connectivity index (χ3n) is 4.81. The summed E-state index contributed by atoms with van der Waals surface area (Å²) >= 11 is 0. The Morgan fingerprint density at radius 1 is 1.10 bits per heavy atom. The van der Waals surface area contributed by atoms with Gasteiger partial charge < -0.3 is 10.1 Å². The average molecular weight is 416 g/mol. The maximum Gasteiger partial charge on any atom is 0.321 e. The number of sulfonamides is 1. The number of aryl methyl sites for hydroxylation is 2. The molecule has 2 aromatic carbocycles. The molecule has 0 spiro atoms. The number of rotatable bonds is 7. The van der Waals surface area contributed by atoms with Gasteiger partial charge in [-0.05, 0) is 49.4 Å². The summed E-state index contributed by atoms with van der Waals surface area (Å²) in [6.45, 7) is 0.845. The number of carbonyl (C=O) groups is 2. The minimum absolute atomic E-state index is 0.0598. The first-order valence-electron chi connectivity index (χ1n) is 9.44. The van der Waals surface area contributed by atoms with E-state index in [4.69, 9.17) is 4.74 Å². The number of nitrogens with one attached hydrogen (secondary N) is 2. The van der Waals surface area contributed by atoms with Crippen LogP contribution < -0.4 is 10.0 Å². The van der Waals surface area contributed by atoms with E-state index in [1.54, 1.807) is 12.1 Å². The van der Waals surface area contributed by atoms with Crippen LogP contribution in [0.1, 0.15) is 35.6 Å². The van der Waals surface area contributed by atoms with Crippen LogP contribution in [-0.2, 0) is 30.8 Å². The van der Waals surface area contributed by atoms with Crippen molar-refractivity contribution in [3.63, 3.8) is 0 Å². The van der Waals surface area contributed by atoms with Crippen molar-refractivity contribution in [2.45, 2.75) is 37.1 Å². The Hall–Kier alpha value is -2.71. The smallest absolute Gasteiger partial charge is 0.321 e. The number of ether oxygens (including phenoxy) is 1. The lowest BCUT2D eigenvalue weighted by molar-refractivity contribution is -0.147. The second-order valence-corrected chi connectivity index (χ2v) is 8.78. The predicted octanol–water partition coefficient (Wildman–Crippen LogP) is 2.01. The highest BCUT2D eigenvalue weighted by atomic mass is 32.2. The molecule has 0 saturated heterocycles. The molecule has 7 nitrogen and oxygen atoms in total. The zero-order valence-corrected chi connectivity index (χ0v) is 17.0. The molecule has 0 unspecified atom stereocenters. The Morgan fingerprint density at radius 2 is 1.83 bits per heavy atom. The first-order valence-corrected chi connectivity index (χ1v) is 10.9. The zero-order chi connectivity index (χ0) is 20.9. The number of hydrogen-bond acceptors (Lipinski definition) is 5. The van der Waals surface area contributed by atoms with Crippen molar-refractivity contribution < 1.29 is 22.7 Å². The van der Waals surface area contributed by atoms with Gasteiger partial charge in [-0.3, -0.25) is 9.59 Å². The van der Waals surface area contributed by atoms with Crippen LogP contribution in [0.15, 0.2) is 53.4 Å². The molecule has 0 fully saturated rings. The van der Waals surface area contributed by atoms with Gasteiger partial charge in [-0.2, -0.15) is 4.72 Å². The van der Waals surface area contributed by atoms with Gasteiger partial charge in [0.1, 0.15) is 6.54 Å². The van der Waals surface area contributed by atoms with E-state index in [2.05, 4.69) is 10.0 Å². The van der Waals surface area contributed by atoms with E-state index < -0.39 is 35.1 Å². The first kappa shape index (κ1) is 21.0. The van der Waals surface area contributed by atoms with E-state index in [-0.39, 0.29) is 10.9 Å². The van der Waals surface area contributed by atoms with Crippen LogP contribution in [0.4, 0.5) is 0 Å². The van der Waals surface area contributed by atoms with E-state index in [1.807, 2.05) is 31.2 Å². The highest BCUT2D eigenvalue weighted by molar-refractivity contribution is 7.89. The van der Waals surface area contributed by atoms with Crippen LogP contribution in [0.5, 0.6) is 0 Å². The number of fused-ring (bicyclic) bond motifs is 1. The quantitative estimate of drug-likeness (QED) is 0.673. The average Bonchev–Trinajstić information content (AvgIpc) is 2.71. The van der Waals surface area contributed by atoms with Gasteiger partial charge in [0.2, 0.25) is 10.0 Å². The molecular weight excluding hydrogens is 392 g/mol. The normalized spacial score (nSPS) is 16.0. The second-order valence-electron chi connectivity index (χ2n) is 7.01. The molecular formula is C21H24N2O5S. The van der Waals surface area contributed by atoms with Crippen LogP contribution in [0, 0.1) is 6.92 Å². The van der Waals surface area contributed by atoms with Gasteiger partial charge in [0, 0.05) is 0 Å². The number of esters is 1. The molecule has 0 aromatic heterocycles. The van der Waals surface area contributed by atoms with Crippen LogP contribution in [0.25, 0.3) is 0 Å². The summed E-state index contributed by atoms with van der Waals surface area (Å²) in [4.78, 5) is 24.1. The van der Waals surface area contributed by atoms with Gasteiger partial charge in [-0.15, -0.1) is 0 Å². The lowest BCUT2D eigenvalue weighted by Gasteiger charge is -2.26. The molecule has 1 atom stereocenters. The van der Waals surface area contributed by atoms with Gasteiger partial charge >= 0.3 is 5.97 Å². The molecule has 0 radical (unpaired) electrons. The summed E-state index contributed by atoms with van der Waals surface area (Å²) in [5.41, 5.74) is 3.23. The molecule has 29 heavy (non-hydrogen) atoms. The fourth-order valence-corrected chi connectivity index (χ4v) is 4.26. The van der Waals surface area contributed by atoms with Gasteiger partial charge in [-0.25, -0.2) is 8.42 Å². The summed E-state index contributed by atoms with van der Waals surface area (Å²) in [7, 11) is -3.82. The number of benzene rings is 2. The first-order chi connectivity index (χ1) is 13.8. The Balaban J connectivity index is 1.46. The fraction of sp³-hybridized carbons (Fsp3) is 0.333. The van der Waals surface area contributed by atoms with Crippen molar-refractivity contribution in [1.82, 2.24) is 10.0 Å². The standard InChI is InChI=1S/C21H24N2O5S/c1-15-9-11-17(12-10-15)29(26,27)22-13-21(25)28-14-20(24)23-19-8-4-6-16-5-2-3-7-18(16)19/h2-3,5,7,9-12,19,22H,4,6,8,13-14H2,1H3,(H,23,24)/t19-/m0/s1. The third kappa shape index (κ3) is 5.65. The molecule has 0 bridgehead atoms. The van der Waals surface area contributed by atoms with Gasteiger partial charge in [0.15, 0.2) is 6.61 Å². The molecule has 1 aliphatic rings. The summed E-state index contributed by atoms with van der Waals surface area (Å²) in [5.74, 6) is -1.23. The monoisotopic (exact) mass is 416 g/mol. The minimum atomic E-state index is -3.82. The Labute approximate surface area is 170 Å². The van der Waals surface area contributed by atoms with E-state index in [0.717, 1.165) is 30.4 Å². The lowest BCUT2D eigenvalue weighted by atomic mass is 9.88. The summed E-state index contributed by atoms with van der Waals surface area (Å²) < 4.78 is 31.4. The number of hydrogen-bond donors (Lipinski definition) is 2. The van der Waals surface area contributed by atoms with Crippen LogP contribution >= 0.6 is 0 Å². The molecule has 0 saturated carbocycles. The zero-order valence-electron chi connectivity index (χ0n) is 16.2. The molecule has 0 aliphatic heterocycles. The molecule has 1 aliphatic carbocycles. The summed E-state index contributed by atoms with van der Waals surface area (Å²) in [5, 5.41) is 2.88. The van der Waals surface area contributed by atoms with Crippen LogP contribution in [0.2, 0.25) is 0 Å². The predicted molar refractivity (Wildman–Crippen MR) is 108 cm³/mol. The Morgan fingerprint density at radius 3 is 2.59 bits per heavy atom. The Bertz CT molecular complexity index is 986. The van der Waals surface area contributed by atoms with E-state index in [1.165, 1.54) is 17.7 Å². The maximum atomic E-state index is 12.2. The largest absolute Gasteiger partial charge is 0.455 e. The van der Waals surface area contributed by atoms with Crippen LogP contribution in [0.3, 0.4) is 0 Å². The lowest BCUT2D eigenvalue weighted by Crippen LogP contribution is -2.36. The number of amides is 1. The van der Waals surface area contributed by atoms with Gasteiger partial charge in [0.25, 0.3) is 5.91 Å². The molecule has 3 rings (SSSR count). The van der Waals surface area contributed by atoms with Crippen molar-refractivity contribution in [2.75, 3.05) is 13.2 Å². The van der Waals surface area contributed by atoms with Gasteiger partial charge in [-0.1, -0.05) is 42.0 Å². The molecule has 0 heterocycles. The molecule has 2 aromatic rings. The van der Waals surface area contributed by atoms with Crippen LogP contribution in [-0.4, -0.2) is 33.4 Å². The third-order valence-corrected chi connectivity index (χ3v) is 6.22. The van der Waals surface area contributed by atoms with Crippen molar-refractivity contribution in [3.05, 3.63) is 65.2 Å². The SMILES string of the molecule is Cc1ccc(S(=O)(=O)NCC(=O)OCC(=O)N[C@H]2CCCc3ccccc32)cc1. The topological polar surface area (TPSA) is 102 Å². The summed E-state index contributed by atoms with van der Waals surface area (Å²) in [6.07, 6.45) is 2.79. The highest BCUT2D eigenvalue weighted by Gasteiger charge is 2.22. The van der Waals surface area contributed by atoms with Gasteiger partial charge in [0.05, 0.1) is 10.9 Å². The summed E-state index contributed by atoms with van der Waals surface area (Å²) in [6, 6.07) is 14.1. The number of carbonyl (C=O) groups excluding carboxylic acids is 2. The minimum Gasteiger partial charge on any atom is -0.455 e. The van der Waals surface area contributed by atoms with Crippen molar-refractivity contribution in [2.24, 2.45) is 0 Å². The maximum absolute atomic E-state index is 12.2. The van der Waals surface area contributed by atoms with E-state index >= 15 is 0 Å². The second kappa shape index (κ2) is 9.19. The van der Waals surface area contributed by atoms with E-state index in [0.29, 0.717) is 0 Å². The molecule has 2 N–H and O–H groups in total. The van der Waals surface area contributed by atoms with Crippen molar-refractivity contribution >= 4 is 21.9 Å². The van der Waals surface area contributed by atoms with Crippen molar-refractivity contribution in [1.29, 1.82) is 0 Å². The molecule has 1 amide bonds.